The maximum Gasteiger partial charge on any atom is 0.261 e. The molecule has 0 radical (unpaired) electrons. The number of methoxy groups -OCH3 is 2. The van der Waals surface area contributed by atoms with E-state index < -0.39 is 5.91 Å². The molecule has 28 heavy (non-hydrogen) atoms. The van der Waals surface area contributed by atoms with Gasteiger partial charge in [-0.1, -0.05) is 15.9 Å². The summed E-state index contributed by atoms with van der Waals surface area (Å²) in [6, 6.07) is 9.06. The number of hydrogen-bond acceptors (Lipinski definition) is 4. The number of nitrogens with one attached hydrogen (secondary N) is 1. The Balaban J connectivity index is 1.77. The van der Waals surface area contributed by atoms with E-state index in [0.29, 0.717) is 22.6 Å². The van der Waals surface area contributed by atoms with Gasteiger partial charge in [0, 0.05) is 33.9 Å². The van der Waals surface area contributed by atoms with Crippen LogP contribution in [0.3, 0.4) is 0 Å². The van der Waals surface area contributed by atoms with Crippen LogP contribution >= 0.6 is 15.9 Å². The Bertz CT molecular complexity index is 1170. The number of carbonyl (C=O) groups excluding carboxylic acids is 1. The van der Waals surface area contributed by atoms with Crippen LogP contribution in [0.5, 0.6) is 11.5 Å². The Morgan fingerprint density at radius 1 is 1.18 bits per heavy atom. The minimum atomic E-state index is -0.455. The lowest BCUT2D eigenvalue weighted by Gasteiger charge is -2.14. The predicted octanol–water partition coefficient (Wildman–Crippen LogP) is 4.15. The molecule has 1 N–H and O–H groups in total. The van der Waals surface area contributed by atoms with Gasteiger partial charge in [0.25, 0.3) is 5.91 Å². The molecule has 1 amide bonds. The molecule has 1 aliphatic heterocycles. The summed E-state index contributed by atoms with van der Waals surface area (Å²) in [5, 5.41) is 3.34. The molecule has 0 saturated carbocycles. The Morgan fingerprint density at radius 2 is 1.93 bits per heavy atom. The molecule has 0 spiro atoms. The molecular formula is C21H19BrN2O4. The van der Waals surface area contributed by atoms with Crippen LogP contribution in [0.15, 0.2) is 45.8 Å². The van der Waals surface area contributed by atoms with Gasteiger partial charge in [-0.2, -0.15) is 0 Å². The van der Waals surface area contributed by atoms with E-state index in [1.54, 1.807) is 37.6 Å². The second-order valence-corrected chi connectivity index (χ2v) is 7.73. The maximum absolute atomic E-state index is 13.0. The number of benzene rings is 2. The van der Waals surface area contributed by atoms with Crippen LogP contribution < -0.4 is 20.2 Å². The number of ether oxygens (including phenoxy) is 2. The van der Waals surface area contributed by atoms with Gasteiger partial charge >= 0.3 is 0 Å². The first-order chi connectivity index (χ1) is 13.4. The van der Waals surface area contributed by atoms with Crippen molar-refractivity contribution in [1.29, 1.82) is 0 Å². The number of anilines is 1. The number of amides is 1. The Kier molecular flexibility index (Phi) is 4.63. The lowest BCUT2D eigenvalue weighted by atomic mass is 10.1. The summed E-state index contributed by atoms with van der Waals surface area (Å²) in [6.07, 6.45) is 2.49. The van der Waals surface area contributed by atoms with Crippen LogP contribution in [0.25, 0.3) is 10.9 Å². The molecule has 6 nitrogen and oxygen atoms in total. The average Bonchev–Trinajstić information content (AvgIpc) is 2.99. The first kappa shape index (κ1) is 18.6. The van der Waals surface area contributed by atoms with Crippen molar-refractivity contribution >= 4 is 38.4 Å². The molecule has 144 valence electrons. The van der Waals surface area contributed by atoms with Crippen molar-refractivity contribution in [2.75, 3.05) is 19.5 Å². The van der Waals surface area contributed by atoms with Crippen molar-refractivity contribution in [3.05, 3.63) is 62.4 Å². The Morgan fingerprint density at radius 3 is 2.64 bits per heavy atom. The molecule has 0 bridgehead atoms. The number of carbonyl (C=O) groups is 1. The van der Waals surface area contributed by atoms with Gasteiger partial charge in [-0.3, -0.25) is 9.59 Å². The molecule has 2 aromatic carbocycles. The molecule has 1 aromatic heterocycles. The van der Waals surface area contributed by atoms with Gasteiger partial charge in [0.1, 0.15) is 5.56 Å². The van der Waals surface area contributed by atoms with Gasteiger partial charge in [0.15, 0.2) is 11.5 Å². The molecule has 4 rings (SSSR count). The summed E-state index contributed by atoms with van der Waals surface area (Å²) in [4.78, 5) is 25.9. The molecule has 2 heterocycles. The molecule has 1 atom stereocenters. The molecular weight excluding hydrogens is 424 g/mol. The van der Waals surface area contributed by atoms with Crippen molar-refractivity contribution in [3.63, 3.8) is 0 Å². The lowest BCUT2D eigenvalue weighted by Crippen LogP contribution is -2.23. The van der Waals surface area contributed by atoms with E-state index in [0.717, 1.165) is 22.0 Å². The van der Waals surface area contributed by atoms with Gasteiger partial charge < -0.3 is 19.4 Å². The van der Waals surface area contributed by atoms with Crippen LogP contribution in [0, 0.1) is 0 Å². The van der Waals surface area contributed by atoms with E-state index in [4.69, 9.17) is 9.47 Å². The number of pyridine rings is 1. The summed E-state index contributed by atoms with van der Waals surface area (Å²) < 4.78 is 13.3. The van der Waals surface area contributed by atoms with Gasteiger partial charge in [-0.25, -0.2) is 0 Å². The zero-order valence-electron chi connectivity index (χ0n) is 15.7. The fraction of sp³-hybridized carbons (Fsp3) is 0.238. The minimum Gasteiger partial charge on any atom is -0.493 e. The fourth-order valence-corrected chi connectivity index (χ4v) is 4.24. The van der Waals surface area contributed by atoms with Crippen molar-refractivity contribution in [2.24, 2.45) is 0 Å². The number of halogens is 1. The van der Waals surface area contributed by atoms with Crippen molar-refractivity contribution in [2.45, 2.75) is 19.4 Å². The highest BCUT2D eigenvalue weighted by atomic mass is 79.9. The largest absolute Gasteiger partial charge is 0.493 e. The third-order valence-corrected chi connectivity index (χ3v) is 5.50. The summed E-state index contributed by atoms with van der Waals surface area (Å²) in [6.45, 7) is 2.08. The summed E-state index contributed by atoms with van der Waals surface area (Å²) in [5.74, 6) is 0.602. The average molecular weight is 443 g/mol. The second-order valence-electron chi connectivity index (χ2n) is 6.82. The summed E-state index contributed by atoms with van der Waals surface area (Å²) >= 11 is 3.47. The highest BCUT2D eigenvalue weighted by Gasteiger charge is 2.25. The van der Waals surface area contributed by atoms with Crippen LogP contribution in [0.4, 0.5) is 5.69 Å². The smallest absolute Gasteiger partial charge is 0.261 e. The molecule has 0 saturated heterocycles. The molecule has 3 aromatic rings. The zero-order chi connectivity index (χ0) is 20.0. The van der Waals surface area contributed by atoms with Gasteiger partial charge in [0.05, 0.1) is 19.7 Å². The van der Waals surface area contributed by atoms with E-state index in [2.05, 4.69) is 28.2 Å². The quantitative estimate of drug-likeness (QED) is 0.658. The molecule has 1 aliphatic rings. The van der Waals surface area contributed by atoms with E-state index in [1.165, 1.54) is 7.11 Å². The highest BCUT2D eigenvalue weighted by Crippen LogP contribution is 2.34. The molecule has 7 heteroatoms. The van der Waals surface area contributed by atoms with E-state index in [1.807, 2.05) is 10.6 Å². The van der Waals surface area contributed by atoms with Gasteiger partial charge in [0.2, 0.25) is 5.43 Å². The van der Waals surface area contributed by atoms with Crippen LogP contribution in [-0.4, -0.2) is 24.7 Å². The predicted molar refractivity (Wildman–Crippen MR) is 112 cm³/mol. The standard InChI is InChI=1S/C21H19BrN2O4/c1-11-6-12-7-13(22)8-15-19(12)24(11)10-16(20(15)25)21(26)23-14-4-5-17(27-2)18(9-14)28-3/h4-5,7-11H,6H2,1-3H3,(H,23,26)/t11-/m0/s1. The first-order valence-corrected chi connectivity index (χ1v) is 9.63. The minimum absolute atomic E-state index is 0.111. The SMILES string of the molecule is COc1ccc(NC(=O)c2cn3c4c(cc(Br)cc4c2=O)C[C@@H]3C)cc1OC. The summed E-state index contributed by atoms with van der Waals surface area (Å²) in [7, 11) is 3.07. The zero-order valence-corrected chi connectivity index (χ0v) is 17.3. The third kappa shape index (κ3) is 2.96. The normalized spacial score (nSPS) is 14.9. The van der Waals surface area contributed by atoms with Crippen LogP contribution in [0.1, 0.15) is 28.9 Å². The van der Waals surface area contributed by atoms with Crippen molar-refractivity contribution < 1.29 is 14.3 Å². The molecule has 0 unspecified atom stereocenters. The van der Waals surface area contributed by atoms with Crippen molar-refractivity contribution in [1.82, 2.24) is 4.57 Å². The van der Waals surface area contributed by atoms with Crippen LogP contribution in [0.2, 0.25) is 0 Å². The van der Waals surface area contributed by atoms with Crippen molar-refractivity contribution in [3.8, 4) is 11.5 Å². The first-order valence-electron chi connectivity index (χ1n) is 8.83. The number of aromatic nitrogens is 1. The van der Waals surface area contributed by atoms with E-state index >= 15 is 0 Å². The monoisotopic (exact) mass is 442 g/mol. The van der Waals surface area contributed by atoms with E-state index in [-0.39, 0.29) is 17.0 Å². The molecule has 0 aliphatic carbocycles. The highest BCUT2D eigenvalue weighted by molar-refractivity contribution is 9.10. The second kappa shape index (κ2) is 6.98. The number of hydrogen-bond donors (Lipinski definition) is 1. The lowest BCUT2D eigenvalue weighted by molar-refractivity contribution is 0.102. The topological polar surface area (TPSA) is 69.6 Å². The van der Waals surface area contributed by atoms with Gasteiger partial charge in [-0.15, -0.1) is 0 Å². The fourth-order valence-electron chi connectivity index (χ4n) is 3.74. The molecule has 0 fully saturated rings. The maximum atomic E-state index is 13.0. The number of nitrogens with zero attached hydrogens (tertiary/aromatic N) is 1. The Hall–Kier alpha value is -2.80. The van der Waals surface area contributed by atoms with E-state index in [9.17, 15) is 9.59 Å². The van der Waals surface area contributed by atoms with Crippen LogP contribution in [-0.2, 0) is 6.42 Å². The van der Waals surface area contributed by atoms with Gasteiger partial charge in [-0.05, 0) is 43.2 Å². The number of rotatable bonds is 4. The Labute approximate surface area is 170 Å². The third-order valence-electron chi connectivity index (χ3n) is 5.05. The summed E-state index contributed by atoms with van der Waals surface area (Å²) in [5.41, 5.74) is 2.37.